The lowest BCUT2D eigenvalue weighted by atomic mass is 9.99. The number of hydrogen-bond acceptors (Lipinski definition) is 2. The minimum Gasteiger partial charge on any atom is -0.492 e. The summed E-state index contributed by atoms with van der Waals surface area (Å²) >= 11 is 0. The van der Waals surface area contributed by atoms with Crippen LogP contribution in [0, 0.1) is 13.8 Å². The molecule has 2 rings (SSSR count). The molecular weight excluding hydrogens is 258 g/mol. The molecule has 0 saturated carbocycles. The molecule has 112 valence electrons. The van der Waals surface area contributed by atoms with E-state index in [-0.39, 0.29) is 6.04 Å². The highest BCUT2D eigenvalue weighted by Crippen LogP contribution is 2.21. The zero-order valence-electron chi connectivity index (χ0n) is 13.2. The van der Waals surface area contributed by atoms with Gasteiger partial charge in [-0.25, -0.2) is 0 Å². The van der Waals surface area contributed by atoms with Crippen molar-refractivity contribution in [2.75, 3.05) is 13.2 Å². The lowest BCUT2D eigenvalue weighted by Crippen LogP contribution is -2.28. The van der Waals surface area contributed by atoms with E-state index in [4.69, 9.17) is 4.74 Å². The highest BCUT2D eigenvalue weighted by molar-refractivity contribution is 5.33. The Morgan fingerprint density at radius 1 is 1.05 bits per heavy atom. The molecule has 1 unspecified atom stereocenters. The zero-order chi connectivity index (χ0) is 15.1. The van der Waals surface area contributed by atoms with Crippen LogP contribution >= 0.6 is 0 Å². The Morgan fingerprint density at radius 3 is 2.52 bits per heavy atom. The summed E-state index contributed by atoms with van der Waals surface area (Å²) in [7, 11) is 0. The third-order valence-corrected chi connectivity index (χ3v) is 3.61. The van der Waals surface area contributed by atoms with E-state index in [0.29, 0.717) is 6.61 Å². The van der Waals surface area contributed by atoms with Crippen molar-refractivity contribution in [3.05, 3.63) is 65.2 Å². The highest BCUT2D eigenvalue weighted by Gasteiger charge is 2.14. The van der Waals surface area contributed by atoms with Gasteiger partial charge in [0.2, 0.25) is 0 Å². The van der Waals surface area contributed by atoms with Crippen LogP contribution in [0.5, 0.6) is 5.75 Å². The number of aryl methyl sites for hydroxylation is 2. The third-order valence-electron chi connectivity index (χ3n) is 3.61. The zero-order valence-corrected chi connectivity index (χ0v) is 13.2. The van der Waals surface area contributed by atoms with Crippen molar-refractivity contribution < 1.29 is 4.74 Å². The van der Waals surface area contributed by atoms with Crippen molar-refractivity contribution in [2.24, 2.45) is 0 Å². The van der Waals surface area contributed by atoms with Gasteiger partial charge in [-0.05, 0) is 50.1 Å². The summed E-state index contributed by atoms with van der Waals surface area (Å²) in [6.07, 6.45) is 1.12. The maximum Gasteiger partial charge on any atom is 0.119 e. The fourth-order valence-corrected chi connectivity index (χ4v) is 2.41. The number of para-hydroxylation sites is 1. The van der Waals surface area contributed by atoms with E-state index in [9.17, 15) is 0 Å². The molecule has 0 saturated heterocycles. The number of hydrogen-bond donors (Lipinski definition) is 1. The summed E-state index contributed by atoms with van der Waals surface area (Å²) in [4.78, 5) is 0. The molecule has 0 spiro atoms. The summed E-state index contributed by atoms with van der Waals surface area (Å²) in [5.41, 5.74) is 3.93. The van der Waals surface area contributed by atoms with Gasteiger partial charge in [0.15, 0.2) is 0 Å². The molecule has 0 aromatic heterocycles. The molecule has 0 heterocycles. The summed E-state index contributed by atoms with van der Waals surface area (Å²) in [5, 5.41) is 3.60. The van der Waals surface area contributed by atoms with E-state index in [2.05, 4.69) is 44.3 Å². The summed E-state index contributed by atoms with van der Waals surface area (Å²) in [6.45, 7) is 8.13. The second-order valence-electron chi connectivity index (χ2n) is 5.49. The minimum atomic E-state index is 0.227. The van der Waals surface area contributed by atoms with Crippen LogP contribution < -0.4 is 10.1 Å². The van der Waals surface area contributed by atoms with Crippen molar-refractivity contribution in [1.29, 1.82) is 0 Å². The molecule has 0 aliphatic heterocycles. The second-order valence-corrected chi connectivity index (χ2v) is 5.49. The Kier molecular flexibility index (Phi) is 5.82. The Labute approximate surface area is 128 Å². The molecule has 0 bridgehead atoms. The van der Waals surface area contributed by atoms with Crippen molar-refractivity contribution >= 4 is 0 Å². The van der Waals surface area contributed by atoms with Gasteiger partial charge in [-0.1, -0.05) is 48.9 Å². The smallest absolute Gasteiger partial charge is 0.119 e. The van der Waals surface area contributed by atoms with Gasteiger partial charge in [0.1, 0.15) is 12.4 Å². The normalized spacial score (nSPS) is 12.1. The number of ether oxygens (including phenoxy) is 1. The third kappa shape index (κ3) is 4.61. The lowest BCUT2D eigenvalue weighted by Gasteiger charge is -2.22. The molecule has 0 amide bonds. The predicted octanol–water partition coefficient (Wildman–Crippen LogP) is 4.42. The minimum absolute atomic E-state index is 0.227. The molecule has 0 aliphatic carbocycles. The average molecular weight is 283 g/mol. The summed E-state index contributed by atoms with van der Waals surface area (Å²) in [5.74, 6) is 0.922. The van der Waals surface area contributed by atoms with E-state index in [1.807, 2.05) is 30.3 Å². The van der Waals surface area contributed by atoms with Crippen LogP contribution in [0.4, 0.5) is 0 Å². The first-order valence-corrected chi connectivity index (χ1v) is 7.69. The fourth-order valence-electron chi connectivity index (χ4n) is 2.41. The Morgan fingerprint density at radius 2 is 1.81 bits per heavy atom. The topological polar surface area (TPSA) is 21.3 Å². The molecule has 2 nitrogen and oxygen atoms in total. The van der Waals surface area contributed by atoms with Crippen LogP contribution in [0.1, 0.15) is 36.1 Å². The summed E-state index contributed by atoms with van der Waals surface area (Å²) < 4.78 is 5.95. The predicted molar refractivity (Wildman–Crippen MR) is 88.9 cm³/mol. The van der Waals surface area contributed by atoms with Crippen molar-refractivity contribution in [3.8, 4) is 5.75 Å². The average Bonchev–Trinajstić information content (AvgIpc) is 2.51. The molecule has 0 radical (unpaired) electrons. The van der Waals surface area contributed by atoms with E-state index in [0.717, 1.165) is 18.7 Å². The number of benzene rings is 2. The van der Waals surface area contributed by atoms with E-state index in [1.165, 1.54) is 16.7 Å². The first-order chi connectivity index (χ1) is 10.2. The van der Waals surface area contributed by atoms with Gasteiger partial charge in [0.05, 0.1) is 6.04 Å². The van der Waals surface area contributed by atoms with Crippen LogP contribution in [0.25, 0.3) is 0 Å². The number of rotatable bonds is 7. The Balaban J connectivity index is 2.12. The lowest BCUT2D eigenvalue weighted by molar-refractivity contribution is 0.266. The number of nitrogens with one attached hydrogen (secondary N) is 1. The van der Waals surface area contributed by atoms with Crippen LogP contribution in [0.2, 0.25) is 0 Å². The monoisotopic (exact) mass is 283 g/mol. The molecule has 2 aromatic rings. The van der Waals surface area contributed by atoms with Gasteiger partial charge < -0.3 is 10.1 Å². The van der Waals surface area contributed by atoms with Crippen LogP contribution in [0.15, 0.2) is 48.5 Å². The van der Waals surface area contributed by atoms with Crippen molar-refractivity contribution in [3.63, 3.8) is 0 Å². The van der Waals surface area contributed by atoms with Crippen LogP contribution in [-0.2, 0) is 0 Å². The Bertz CT molecular complexity index is 551. The van der Waals surface area contributed by atoms with Gasteiger partial charge in [-0.3, -0.25) is 0 Å². The second kappa shape index (κ2) is 7.84. The van der Waals surface area contributed by atoms with Gasteiger partial charge in [0, 0.05) is 0 Å². The molecule has 0 fully saturated rings. The molecule has 21 heavy (non-hydrogen) atoms. The van der Waals surface area contributed by atoms with Gasteiger partial charge >= 0.3 is 0 Å². The van der Waals surface area contributed by atoms with E-state index >= 15 is 0 Å². The van der Waals surface area contributed by atoms with E-state index < -0.39 is 0 Å². The van der Waals surface area contributed by atoms with E-state index in [1.54, 1.807) is 0 Å². The van der Waals surface area contributed by atoms with Gasteiger partial charge in [-0.15, -0.1) is 0 Å². The summed E-state index contributed by atoms with van der Waals surface area (Å²) in [6, 6.07) is 16.8. The highest BCUT2D eigenvalue weighted by atomic mass is 16.5. The van der Waals surface area contributed by atoms with Crippen LogP contribution in [0.3, 0.4) is 0 Å². The van der Waals surface area contributed by atoms with Gasteiger partial charge in [0.25, 0.3) is 0 Å². The fraction of sp³-hybridized carbons (Fsp3) is 0.368. The molecule has 1 N–H and O–H groups in total. The first kappa shape index (κ1) is 15.6. The molecule has 2 aromatic carbocycles. The molecule has 2 heteroatoms. The quantitative estimate of drug-likeness (QED) is 0.812. The first-order valence-electron chi connectivity index (χ1n) is 7.69. The standard InChI is InChI=1S/C19H25NO/c1-4-12-20-19(14-21-17-8-6-5-7-9-17)18-13-15(2)10-11-16(18)3/h5-11,13,19-20H,4,12,14H2,1-3H3. The molecule has 0 aliphatic rings. The maximum absolute atomic E-state index is 5.95. The Hall–Kier alpha value is -1.80. The molecule has 1 atom stereocenters. The van der Waals surface area contributed by atoms with Gasteiger partial charge in [-0.2, -0.15) is 0 Å². The molecular formula is C19H25NO. The maximum atomic E-state index is 5.95. The van der Waals surface area contributed by atoms with Crippen molar-refractivity contribution in [1.82, 2.24) is 5.32 Å². The largest absolute Gasteiger partial charge is 0.492 e. The van der Waals surface area contributed by atoms with Crippen molar-refractivity contribution in [2.45, 2.75) is 33.2 Å². The van der Waals surface area contributed by atoms with Crippen LogP contribution in [-0.4, -0.2) is 13.2 Å². The SMILES string of the molecule is CCCNC(COc1ccccc1)c1cc(C)ccc1C.